The molecule has 5 nitrogen and oxygen atoms in total. The topological polar surface area (TPSA) is 46.8 Å². The molecule has 0 amide bonds. The highest BCUT2D eigenvalue weighted by molar-refractivity contribution is 5.94. The highest BCUT2D eigenvalue weighted by atomic mass is 15.4. The molecule has 0 unspecified atom stereocenters. The van der Waals surface area contributed by atoms with Gasteiger partial charge in [0.2, 0.25) is 0 Å². The molecule has 3 heterocycles. The number of hydrogen-bond donors (Lipinski definition) is 0. The molecule has 4 rings (SSSR count). The van der Waals surface area contributed by atoms with E-state index in [1.807, 2.05) is 10.9 Å². The third-order valence-corrected chi connectivity index (χ3v) is 5.37. The molecule has 25 heavy (non-hydrogen) atoms. The Hall–Kier alpha value is -2.43. The van der Waals surface area contributed by atoms with E-state index in [9.17, 15) is 0 Å². The minimum Gasteiger partial charge on any atom is -0.371 e. The van der Waals surface area contributed by atoms with E-state index >= 15 is 0 Å². The molecule has 1 aliphatic rings. The number of benzene rings is 1. The number of nitrogens with zero attached hydrogens (tertiary/aromatic N) is 5. The second kappa shape index (κ2) is 6.82. The van der Waals surface area contributed by atoms with E-state index in [4.69, 9.17) is 4.98 Å². The van der Waals surface area contributed by atoms with Crippen LogP contribution >= 0.6 is 0 Å². The van der Waals surface area contributed by atoms with Gasteiger partial charge in [-0.1, -0.05) is 30.3 Å². The van der Waals surface area contributed by atoms with Gasteiger partial charge in [-0.25, -0.2) is 0 Å². The van der Waals surface area contributed by atoms with E-state index < -0.39 is 0 Å². The van der Waals surface area contributed by atoms with Gasteiger partial charge in [-0.3, -0.25) is 9.67 Å². The summed E-state index contributed by atoms with van der Waals surface area (Å²) in [5.41, 5.74) is 5.08. The molecule has 3 aromatic rings. The number of rotatable bonds is 4. The molecule has 0 aliphatic carbocycles. The van der Waals surface area contributed by atoms with Gasteiger partial charge in [0.1, 0.15) is 0 Å². The van der Waals surface area contributed by atoms with Crippen LogP contribution in [0, 0.1) is 12.8 Å². The first-order valence-corrected chi connectivity index (χ1v) is 9.23. The summed E-state index contributed by atoms with van der Waals surface area (Å²) < 4.78 is 1.96. The second-order valence-corrected chi connectivity index (χ2v) is 6.95. The van der Waals surface area contributed by atoms with Crippen molar-refractivity contribution in [3.63, 3.8) is 0 Å². The molecular weight excluding hydrogens is 310 g/mol. The van der Waals surface area contributed by atoms with Crippen molar-refractivity contribution in [1.82, 2.24) is 20.0 Å². The molecule has 0 atom stereocenters. The van der Waals surface area contributed by atoms with Crippen molar-refractivity contribution in [2.75, 3.05) is 18.0 Å². The first-order chi connectivity index (χ1) is 12.3. The molecule has 5 heteroatoms. The van der Waals surface area contributed by atoms with Crippen LogP contribution in [0.5, 0.6) is 0 Å². The zero-order valence-corrected chi connectivity index (χ0v) is 15.0. The zero-order chi connectivity index (χ0) is 17.2. The number of pyridine rings is 1. The number of anilines is 1. The average Bonchev–Trinajstić information content (AvgIpc) is 3.14. The minimum absolute atomic E-state index is 0.678. The lowest BCUT2D eigenvalue weighted by Crippen LogP contribution is -2.36. The maximum absolute atomic E-state index is 4.82. The van der Waals surface area contributed by atoms with E-state index in [1.54, 1.807) is 6.20 Å². The van der Waals surface area contributed by atoms with Gasteiger partial charge >= 0.3 is 0 Å². The van der Waals surface area contributed by atoms with Crippen LogP contribution in [-0.4, -0.2) is 33.1 Å². The van der Waals surface area contributed by atoms with Crippen molar-refractivity contribution in [2.45, 2.75) is 39.7 Å². The highest BCUT2D eigenvalue weighted by Crippen LogP contribution is 2.34. The van der Waals surface area contributed by atoms with Crippen LogP contribution in [0.4, 0.5) is 5.69 Å². The fourth-order valence-corrected chi connectivity index (χ4v) is 4.07. The van der Waals surface area contributed by atoms with Crippen LogP contribution in [-0.2, 0) is 13.0 Å². The Kier molecular flexibility index (Phi) is 4.38. The van der Waals surface area contributed by atoms with Gasteiger partial charge in [0.15, 0.2) is 0 Å². The lowest BCUT2D eigenvalue weighted by molar-refractivity contribution is 0.339. The normalized spacial score (nSPS) is 15.8. The van der Waals surface area contributed by atoms with Crippen LogP contribution in [0.15, 0.2) is 36.7 Å². The number of fused-ring (bicyclic) bond motifs is 1. The smallest absolute Gasteiger partial charge is 0.0726 e. The van der Waals surface area contributed by atoms with Gasteiger partial charge in [0.05, 0.1) is 17.4 Å². The van der Waals surface area contributed by atoms with E-state index in [1.165, 1.54) is 35.2 Å². The molecule has 130 valence electrons. The Morgan fingerprint density at radius 3 is 2.68 bits per heavy atom. The molecule has 1 fully saturated rings. The van der Waals surface area contributed by atoms with E-state index in [2.05, 4.69) is 53.3 Å². The first kappa shape index (κ1) is 16.1. The zero-order valence-electron chi connectivity index (χ0n) is 15.0. The van der Waals surface area contributed by atoms with Gasteiger partial charge in [-0.15, -0.1) is 5.10 Å². The first-order valence-electron chi connectivity index (χ1n) is 9.23. The molecule has 0 spiro atoms. The summed E-state index contributed by atoms with van der Waals surface area (Å²) in [4.78, 5) is 7.40. The van der Waals surface area contributed by atoms with Crippen LogP contribution in [0.2, 0.25) is 0 Å². The molecule has 0 radical (unpaired) electrons. The molecule has 1 saturated heterocycles. The quantitative estimate of drug-likeness (QED) is 0.731. The number of aryl methyl sites for hydroxylation is 1. The van der Waals surface area contributed by atoms with Gasteiger partial charge < -0.3 is 4.90 Å². The maximum atomic E-state index is 4.82. The van der Waals surface area contributed by atoms with Crippen molar-refractivity contribution in [3.05, 3.63) is 47.9 Å². The predicted octanol–water partition coefficient (Wildman–Crippen LogP) is 3.61. The lowest BCUT2D eigenvalue weighted by Gasteiger charge is -2.35. The molecule has 1 aromatic carbocycles. The van der Waals surface area contributed by atoms with Crippen molar-refractivity contribution >= 4 is 16.6 Å². The van der Waals surface area contributed by atoms with E-state index in [-0.39, 0.29) is 0 Å². The van der Waals surface area contributed by atoms with Crippen molar-refractivity contribution < 1.29 is 0 Å². The Bertz CT molecular complexity index is 848. The van der Waals surface area contributed by atoms with Crippen LogP contribution in [0.1, 0.15) is 31.0 Å². The third kappa shape index (κ3) is 3.11. The summed E-state index contributed by atoms with van der Waals surface area (Å²) in [5.74, 6) is 0.678. The Morgan fingerprint density at radius 2 is 1.96 bits per heavy atom. The Balaban J connectivity index is 1.60. The number of para-hydroxylation sites is 1. The summed E-state index contributed by atoms with van der Waals surface area (Å²) in [6, 6.07) is 8.55. The van der Waals surface area contributed by atoms with Crippen LogP contribution in [0.25, 0.3) is 10.9 Å². The second-order valence-electron chi connectivity index (χ2n) is 6.95. The highest BCUT2D eigenvalue weighted by Gasteiger charge is 2.24. The molecule has 0 bridgehead atoms. The Labute approximate surface area is 148 Å². The monoisotopic (exact) mass is 335 g/mol. The van der Waals surface area contributed by atoms with E-state index in [0.717, 1.165) is 31.6 Å². The standard InChI is InChI=1S/C20H25N5/c1-3-17-15(2)22-19-7-5-4-6-18(19)20(17)24-11-8-16(9-12-24)14-25-13-10-21-23-25/h4-7,10,13,16H,3,8-9,11-12,14H2,1-2H3. The van der Waals surface area contributed by atoms with E-state index in [0.29, 0.717) is 5.92 Å². The number of aromatic nitrogens is 4. The van der Waals surface area contributed by atoms with Crippen molar-refractivity contribution in [3.8, 4) is 0 Å². The third-order valence-electron chi connectivity index (χ3n) is 5.37. The summed E-state index contributed by atoms with van der Waals surface area (Å²) in [6.45, 7) is 7.55. The average molecular weight is 335 g/mol. The number of piperidine rings is 1. The SMILES string of the molecule is CCc1c(C)nc2ccccc2c1N1CCC(Cn2ccnn2)CC1. The summed E-state index contributed by atoms with van der Waals surface area (Å²) >= 11 is 0. The molecule has 2 aromatic heterocycles. The van der Waals surface area contributed by atoms with Crippen molar-refractivity contribution in [1.29, 1.82) is 0 Å². The Morgan fingerprint density at radius 1 is 1.16 bits per heavy atom. The lowest BCUT2D eigenvalue weighted by atomic mass is 9.94. The van der Waals surface area contributed by atoms with Crippen LogP contribution in [0.3, 0.4) is 0 Å². The van der Waals surface area contributed by atoms with Crippen LogP contribution < -0.4 is 4.90 Å². The summed E-state index contributed by atoms with van der Waals surface area (Å²) in [7, 11) is 0. The predicted molar refractivity (Wildman–Crippen MR) is 101 cm³/mol. The van der Waals surface area contributed by atoms with Gasteiger partial charge in [-0.2, -0.15) is 0 Å². The molecular formula is C20H25N5. The van der Waals surface area contributed by atoms with Crippen molar-refractivity contribution in [2.24, 2.45) is 5.92 Å². The van der Waals surface area contributed by atoms with Gasteiger partial charge in [0, 0.05) is 36.9 Å². The van der Waals surface area contributed by atoms with Gasteiger partial charge in [0.25, 0.3) is 0 Å². The molecule has 1 aliphatic heterocycles. The summed E-state index contributed by atoms with van der Waals surface area (Å²) in [6.07, 6.45) is 7.13. The summed E-state index contributed by atoms with van der Waals surface area (Å²) in [5, 5.41) is 9.32. The van der Waals surface area contributed by atoms with Gasteiger partial charge in [-0.05, 0) is 43.7 Å². The fraction of sp³-hybridized carbons (Fsp3) is 0.450. The number of hydrogen-bond acceptors (Lipinski definition) is 4. The molecule has 0 N–H and O–H groups in total. The maximum Gasteiger partial charge on any atom is 0.0726 e. The largest absolute Gasteiger partial charge is 0.371 e. The minimum atomic E-state index is 0.678. The fourth-order valence-electron chi connectivity index (χ4n) is 4.07. The molecule has 0 saturated carbocycles.